The van der Waals surface area contributed by atoms with Crippen LogP contribution < -0.4 is 10.2 Å². The number of aromatic nitrogens is 2. The molecule has 0 radical (unpaired) electrons. The molecule has 3 N–H and O–H groups in total. The van der Waals surface area contributed by atoms with Crippen molar-refractivity contribution < 1.29 is 10.2 Å². The molecule has 6 nitrogen and oxygen atoms in total. The first-order valence-corrected chi connectivity index (χ1v) is 11.9. The van der Waals surface area contributed by atoms with Gasteiger partial charge in [-0.05, 0) is 83.8 Å². The van der Waals surface area contributed by atoms with E-state index >= 15 is 0 Å². The van der Waals surface area contributed by atoms with Gasteiger partial charge in [0, 0.05) is 27.7 Å². The number of benzene rings is 3. The van der Waals surface area contributed by atoms with Gasteiger partial charge in [0.1, 0.15) is 23.5 Å². The summed E-state index contributed by atoms with van der Waals surface area (Å²) in [4.78, 5) is 11.1. The molecule has 7 heteroatoms. The number of aromatic hydroxyl groups is 1. The van der Waals surface area contributed by atoms with Gasteiger partial charge in [-0.1, -0.05) is 30.0 Å². The lowest BCUT2D eigenvalue weighted by Crippen LogP contribution is -2.44. The van der Waals surface area contributed by atoms with Crippen molar-refractivity contribution in [1.29, 1.82) is 0 Å². The van der Waals surface area contributed by atoms with Crippen molar-refractivity contribution in [2.24, 2.45) is 0 Å². The second-order valence-corrected chi connectivity index (χ2v) is 9.15. The molecule has 0 spiro atoms. The predicted octanol–water partition coefficient (Wildman–Crippen LogP) is 5.03. The molecule has 4 aromatic rings. The fourth-order valence-electron chi connectivity index (χ4n) is 4.11. The molecule has 1 saturated heterocycles. The van der Waals surface area contributed by atoms with E-state index in [0.717, 1.165) is 45.3 Å². The van der Waals surface area contributed by atoms with Crippen molar-refractivity contribution in [3.8, 4) is 17.6 Å². The first kappa shape index (κ1) is 22.4. The van der Waals surface area contributed by atoms with Crippen LogP contribution in [0, 0.1) is 11.8 Å². The minimum Gasteiger partial charge on any atom is -0.508 e. The molecule has 1 aliphatic heterocycles. The highest BCUT2D eigenvalue weighted by Gasteiger charge is 2.26. The van der Waals surface area contributed by atoms with E-state index in [-0.39, 0.29) is 5.75 Å². The number of hydrogen-bond donors (Lipinski definition) is 3. The lowest BCUT2D eigenvalue weighted by Gasteiger charge is -2.27. The number of phenolic OH excluding ortho intramolecular Hbond substituents is 1. The van der Waals surface area contributed by atoms with Crippen molar-refractivity contribution in [2.45, 2.75) is 18.4 Å². The number of hydrogen-bond acceptors (Lipinski definition) is 6. The minimum atomic E-state index is -1.02. The summed E-state index contributed by atoms with van der Waals surface area (Å²) in [6.07, 6.45) is 3.10. The number of nitrogens with zero attached hydrogens (tertiary/aromatic N) is 3. The van der Waals surface area contributed by atoms with Crippen molar-refractivity contribution in [3.63, 3.8) is 0 Å². The number of piperidine rings is 1. The number of β-amino-alcohol motifs (C(OH)–C–C–N with tert-alkyl or cyclic N) is 1. The molecule has 5 rings (SSSR count). The summed E-state index contributed by atoms with van der Waals surface area (Å²) in [6, 6.07) is 20.8. The van der Waals surface area contributed by atoms with E-state index in [9.17, 15) is 10.2 Å². The molecule has 1 atom stereocenters. The third-order valence-corrected chi connectivity index (χ3v) is 6.45. The van der Waals surface area contributed by atoms with E-state index in [0.29, 0.717) is 18.8 Å². The van der Waals surface area contributed by atoms with Gasteiger partial charge < -0.3 is 15.5 Å². The quantitative estimate of drug-likeness (QED) is 0.332. The van der Waals surface area contributed by atoms with Crippen LogP contribution in [0.1, 0.15) is 18.4 Å². The van der Waals surface area contributed by atoms with Gasteiger partial charge in [-0.25, -0.2) is 9.97 Å². The van der Waals surface area contributed by atoms with Crippen LogP contribution >= 0.6 is 15.9 Å². The SMILES string of the molecule is Oc1ccc(N(c2ccccc2)c2ncnc3ccc(C#CC4(O)CCCNC4)cc23)c(Br)c1. The lowest BCUT2D eigenvalue weighted by molar-refractivity contribution is 0.0736. The maximum absolute atomic E-state index is 10.7. The topological polar surface area (TPSA) is 81.5 Å². The second kappa shape index (κ2) is 9.43. The molecular formula is C27H23BrN4O2. The van der Waals surface area contributed by atoms with Gasteiger partial charge in [-0.3, -0.25) is 4.90 Å². The fraction of sp³-hybridized carbons (Fsp3) is 0.185. The van der Waals surface area contributed by atoms with Crippen LogP contribution in [0.3, 0.4) is 0 Å². The monoisotopic (exact) mass is 514 g/mol. The lowest BCUT2D eigenvalue weighted by atomic mass is 9.94. The molecule has 0 saturated carbocycles. The number of para-hydroxylation sites is 1. The summed E-state index contributed by atoms with van der Waals surface area (Å²) in [6.45, 7) is 1.38. The number of fused-ring (bicyclic) bond motifs is 1. The van der Waals surface area contributed by atoms with Crippen LogP contribution in [0.5, 0.6) is 5.75 Å². The van der Waals surface area contributed by atoms with Gasteiger partial charge in [0.2, 0.25) is 0 Å². The molecular weight excluding hydrogens is 492 g/mol. The highest BCUT2D eigenvalue weighted by Crippen LogP contribution is 2.41. The van der Waals surface area contributed by atoms with Gasteiger partial charge in [-0.15, -0.1) is 0 Å². The third kappa shape index (κ3) is 4.62. The molecule has 34 heavy (non-hydrogen) atoms. The maximum Gasteiger partial charge on any atom is 0.148 e. The molecule has 0 amide bonds. The van der Waals surface area contributed by atoms with Crippen molar-refractivity contribution >= 4 is 44.0 Å². The fourth-order valence-corrected chi connectivity index (χ4v) is 4.66. The van der Waals surface area contributed by atoms with E-state index in [1.54, 1.807) is 18.5 Å². The molecule has 1 aliphatic rings. The Labute approximate surface area is 206 Å². The first-order chi connectivity index (χ1) is 16.5. The Morgan fingerprint density at radius 1 is 1.03 bits per heavy atom. The molecule has 1 unspecified atom stereocenters. The van der Waals surface area contributed by atoms with Gasteiger partial charge >= 0.3 is 0 Å². The molecule has 3 aromatic carbocycles. The Kier molecular flexibility index (Phi) is 6.20. The van der Waals surface area contributed by atoms with Crippen LogP contribution in [-0.2, 0) is 0 Å². The highest BCUT2D eigenvalue weighted by atomic mass is 79.9. The van der Waals surface area contributed by atoms with Crippen LogP contribution in [0.2, 0.25) is 0 Å². The summed E-state index contributed by atoms with van der Waals surface area (Å²) in [7, 11) is 0. The number of halogens is 1. The Hall–Kier alpha value is -3.44. The zero-order chi connectivity index (χ0) is 23.5. The van der Waals surface area contributed by atoms with Crippen molar-refractivity contribution in [3.05, 3.63) is 83.1 Å². The van der Waals surface area contributed by atoms with Crippen LogP contribution in [0.25, 0.3) is 10.9 Å². The van der Waals surface area contributed by atoms with E-state index < -0.39 is 5.60 Å². The standard InChI is InChI=1S/C27H23BrN4O2/c28-23-16-21(33)8-10-25(23)32(20-5-2-1-3-6-20)26-22-15-19(7-9-24(22)30-18-31-26)11-13-27(34)12-4-14-29-17-27/h1-3,5-10,15-16,18,29,33-34H,4,12,14,17H2. The van der Waals surface area contributed by atoms with Gasteiger partial charge in [-0.2, -0.15) is 0 Å². The number of anilines is 3. The van der Waals surface area contributed by atoms with Gasteiger partial charge in [0.25, 0.3) is 0 Å². The number of rotatable bonds is 3. The normalized spacial score (nSPS) is 17.7. The summed E-state index contributed by atoms with van der Waals surface area (Å²) in [5, 5.41) is 24.7. The second-order valence-electron chi connectivity index (χ2n) is 8.30. The van der Waals surface area contributed by atoms with E-state index in [2.05, 4.69) is 43.1 Å². The number of phenols is 1. The van der Waals surface area contributed by atoms with E-state index in [1.165, 1.54) is 0 Å². The summed E-state index contributed by atoms with van der Waals surface area (Å²) >= 11 is 3.59. The maximum atomic E-state index is 10.7. The molecule has 170 valence electrons. The molecule has 2 heterocycles. The Balaban J connectivity index is 1.65. The van der Waals surface area contributed by atoms with Crippen molar-refractivity contribution in [1.82, 2.24) is 15.3 Å². The zero-order valence-electron chi connectivity index (χ0n) is 18.4. The number of nitrogens with one attached hydrogen (secondary N) is 1. The largest absolute Gasteiger partial charge is 0.508 e. The van der Waals surface area contributed by atoms with Gasteiger partial charge in [0.15, 0.2) is 0 Å². The van der Waals surface area contributed by atoms with E-state index in [1.807, 2.05) is 59.5 Å². The number of aliphatic hydroxyl groups is 1. The van der Waals surface area contributed by atoms with Gasteiger partial charge in [0.05, 0.1) is 11.2 Å². The Bertz CT molecular complexity index is 1390. The minimum absolute atomic E-state index is 0.170. The van der Waals surface area contributed by atoms with E-state index in [4.69, 9.17) is 0 Å². The van der Waals surface area contributed by atoms with Crippen molar-refractivity contribution in [2.75, 3.05) is 18.0 Å². The summed E-state index contributed by atoms with van der Waals surface area (Å²) < 4.78 is 0.728. The Morgan fingerprint density at radius 2 is 1.88 bits per heavy atom. The smallest absolute Gasteiger partial charge is 0.148 e. The molecule has 0 bridgehead atoms. The predicted molar refractivity (Wildman–Crippen MR) is 138 cm³/mol. The summed E-state index contributed by atoms with van der Waals surface area (Å²) in [5.74, 6) is 7.07. The van der Waals surface area contributed by atoms with Crippen LogP contribution in [0.15, 0.2) is 77.5 Å². The Morgan fingerprint density at radius 3 is 2.65 bits per heavy atom. The molecule has 1 fully saturated rings. The first-order valence-electron chi connectivity index (χ1n) is 11.1. The van der Waals surface area contributed by atoms with Crippen LogP contribution in [-0.4, -0.2) is 38.9 Å². The molecule has 1 aromatic heterocycles. The zero-order valence-corrected chi connectivity index (χ0v) is 20.0. The average Bonchev–Trinajstić information content (AvgIpc) is 2.85. The third-order valence-electron chi connectivity index (χ3n) is 5.81. The highest BCUT2D eigenvalue weighted by molar-refractivity contribution is 9.10. The van der Waals surface area contributed by atoms with Crippen LogP contribution in [0.4, 0.5) is 17.2 Å². The average molecular weight is 515 g/mol. The summed E-state index contributed by atoms with van der Waals surface area (Å²) in [5.41, 5.74) is 2.27. The molecule has 0 aliphatic carbocycles.